The molecule has 27 heavy (non-hydrogen) atoms. The second-order valence-electron chi connectivity index (χ2n) is 7.37. The predicted octanol–water partition coefficient (Wildman–Crippen LogP) is 3.45. The van der Waals surface area contributed by atoms with Crippen LogP contribution in [-0.2, 0) is 29.0 Å². The number of carbonyl (C=O) groups excluding carboxylic acids is 2. The average molecular weight is 372 g/mol. The maximum Gasteiger partial charge on any atom is 0.413 e. The van der Waals surface area contributed by atoms with Gasteiger partial charge in [0.2, 0.25) is 0 Å². The second kappa shape index (κ2) is 7.69. The molecule has 0 saturated heterocycles. The number of carbonyl (C=O) groups is 2. The average Bonchev–Trinajstić information content (AvgIpc) is 3.01. The van der Waals surface area contributed by atoms with Crippen molar-refractivity contribution < 1.29 is 19.1 Å². The van der Waals surface area contributed by atoms with Crippen molar-refractivity contribution >= 4 is 18.0 Å². The molecule has 8 nitrogen and oxygen atoms in total. The molecule has 0 unspecified atom stereocenters. The number of anilines is 1. The Morgan fingerprint density at radius 3 is 2.70 bits per heavy atom. The standard InChI is InChI=1S/C19H24N4O4/c1-19(2,3)27-18(25)23-10-9-15-14(11-23)16(22-21-15)20-17(24)26-12-13-7-5-4-6-8-13/h4-8H,9-12H2,1-3H3,(H2,20,21,22,24). The van der Waals surface area contributed by atoms with Gasteiger partial charge in [-0.05, 0) is 26.3 Å². The van der Waals surface area contributed by atoms with Crippen LogP contribution >= 0.6 is 0 Å². The van der Waals surface area contributed by atoms with Crippen LogP contribution in [0.15, 0.2) is 30.3 Å². The van der Waals surface area contributed by atoms with Crippen molar-refractivity contribution in [2.45, 2.75) is 45.9 Å². The molecule has 0 aliphatic carbocycles. The van der Waals surface area contributed by atoms with Gasteiger partial charge in [0.1, 0.15) is 12.2 Å². The largest absolute Gasteiger partial charge is 0.444 e. The molecule has 1 aliphatic rings. The van der Waals surface area contributed by atoms with Gasteiger partial charge in [0, 0.05) is 24.2 Å². The van der Waals surface area contributed by atoms with Crippen molar-refractivity contribution in [1.29, 1.82) is 0 Å². The summed E-state index contributed by atoms with van der Waals surface area (Å²) in [6.07, 6.45) is -0.364. The number of aromatic nitrogens is 2. The lowest BCUT2D eigenvalue weighted by atomic mass is 10.1. The molecule has 0 saturated carbocycles. The SMILES string of the molecule is CC(C)(C)OC(=O)N1CCc2[nH]nc(NC(=O)OCc3ccccc3)c2C1. The summed E-state index contributed by atoms with van der Waals surface area (Å²) in [6, 6.07) is 9.42. The zero-order chi connectivity index (χ0) is 19.4. The Hall–Kier alpha value is -3.03. The first-order valence-electron chi connectivity index (χ1n) is 8.83. The molecule has 8 heteroatoms. The zero-order valence-electron chi connectivity index (χ0n) is 15.7. The third-order valence-corrected chi connectivity index (χ3v) is 4.02. The highest BCUT2D eigenvalue weighted by Crippen LogP contribution is 2.25. The van der Waals surface area contributed by atoms with Crippen LogP contribution in [0.25, 0.3) is 0 Å². The van der Waals surface area contributed by atoms with Crippen molar-refractivity contribution in [2.24, 2.45) is 0 Å². The number of rotatable bonds is 3. The number of amides is 2. The predicted molar refractivity (Wildman–Crippen MR) is 99.2 cm³/mol. The molecule has 2 amide bonds. The third-order valence-electron chi connectivity index (χ3n) is 4.02. The lowest BCUT2D eigenvalue weighted by Gasteiger charge is -2.30. The minimum atomic E-state index is -0.595. The Morgan fingerprint density at radius 1 is 1.26 bits per heavy atom. The molecule has 0 fully saturated rings. The number of nitrogens with one attached hydrogen (secondary N) is 2. The molecule has 1 aromatic carbocycles. The molecule has 2 aromatic rings. The Bertz CT molecular complexity index is 811. The third kappa shape index (κ3) is 4.99. The molecule has 144 valence electrons. The van der Waals surface area contributed by atoms with Gasteiger partial charge in [-0.25, -0.2) is 9.59 Å². The van der Waals surface area contributed by atoms with E-state index in [4.69, 9.17) is 9.47 Å². The number of H-pyrrole nitrogens is 1. The number of aromatic amines is 1. The normalized spacial score (nSPS) is 13.7. The Labute approximate surface area is 157 Å². The Kier molecular flexibility index (Phi) is 5.34. The first-order valence-corrected chi connectivity index (χ1v) is 8.83. The van der Waals surface area contributed by atoms with Gasteiger partial charge in [0.25, 0.3) is 0 Å². The number of ether oxygens (including phenoxy) is 2. The summed E-state index contributed by atoms with van der Waals surface area (Å²) in [5.74, 6) is 0.372. The van der Waals surface area contributed by atoms with Crippen LogP contribution in [0.5, 0.6) is 0 Å². The quantitative estimate of drug-likeness (QED) is 0.860. The summed E-state index contributed by atoms with van der Waals surface area (Å²) in [7, 11) is 0. The summed E-state index contributed by atoms with van der Waals surface area (Å²) >= 11 is 0. The van der Waals surface area contributed by atoms with E-state index in [1.54, 1.807) is 4.90 Å². The maximum absolute atomic E-state index is 12.3. The van der Waals surface area contributed by atoms with E-state index in [-0.39, 0.29) is 12.7 Å². The van der Waals surface area contributed by atoms with E-state index in [1.165, 1.54) is 0 Å². The highest BCUT2D eigenvalue weighted by Gasteiger charge is 2.29. The Balaban J connectivity index is 1.60. The maximum atomic E-state index is 12.3. The summed E-state index contributed by atoms with van der Waals surface area (Å²) in [5.41, 5.74) is 2.00. The number of hydrogen-bond acceptors (Lipinski definition) is 5. The molecule has 0 radical (unpaired) electrons. The Morgan fingerprint density at radius 2 is 2.00 bits per heavy atom. The van der Waals surface area contributed by atoms with Gasteiger partial charge in [0.15, 0.2) is 5.82 Å². The van der Waals surface area contributed by atoms with Crippen molar-refractivity contribution in [3.8, 4) is 0 Å². The van der Waals surface area contributed by atoms with E-state index < -0.39 is 11.7 Å². The van der Waals surface area contributed by atoms with E-state index in [1.807, 2.05) is 51.1 Å². The van der Waals surface area contributed by atoms with Crippen molar-refractivity contribution in [3.05, 3.63) is 47.2 Å². The molecular formula is C19H24N4O4. The van der Waals surface area contributed by atoms with Crippen molar-refractivity contribution in [2.75, 3.05) is 11.9 Å². The fraction of sp³-hybridized carbons (Fsp3) is 0.421. The van der Waals surface area contributed by atoms with Crippen LogP contribution in [0.4, 0.5) is 15.4 Å². The minimum Gasteiger partial charge on any atom is -0.444 e. The van der Waals surface area contributed by atoms with Gasteiger partial charge >= 0.3 is 12.2 Å². The van der Waals surface area contributed by atoms with Gasteiger partial charge < -0.3 is 14.4 Å². The fourth-order valence-electron chi connectivity index (χ4n) is 2.74. The van der Waals surface area contributed by atoms with E-state index in [2.05, 4.69) is 15.5 Å². The summed E-state index contributed by atoms with van der Waals surface area (Å²) < 4.78 is 10.6. The molecule has 0 spiro atoms. The van der Waals surface area contributed by atoms with Crippen LogP contribution in [0.1, 0.15) is 37.6 Å². The highest BCUT2D eigenvalue weighted by molar-refractivity contribution is 5.84. The summed E-state index contributed by atoms with van der Waals surface area (Å²) in [4.78, 5) is 26.0. The van der Waals surface area contributed by atoms with Gasteiger partial charge in [0.05, 0.1) is 6.54 Å². The minimum absolute atomic E-state index is 0.170. The van der Waals surface area contributed by atoms with E-state index in [0.717, 1.165) is 16.8 Å². The summed E-state index contributed by atoms with van der Waals surface area (Å²) in [6.45, 7) is 6.50. The molecule has 2 heterocycles. The lowest BCUT2D eigenvalue weighted by molar-refractivity contribution is 0.0224. The van der Waals surface area contributed by atoms with Crippen molar-refractivity contribution in [1.82, 2.24) is 15.1 Å². The monoisotopic (exact) mass is 372 g/mol. The topological polar surface area (TPSA) is 96.5 Å². The van der Waals surface area contributed by atoms with Crippen molar-refractivity contribution in [3.63, 3.8) is 0 Å². The van der Waals surface area contributed by atoms with Crippen LogP contribution in [0.2, 0.25) is 0 Å². The number of benzene rings is 1. The first-order chi connectivity index (χ1) is 12.8. The van der Waals surface area contributed by atoms with Crippen LogP contribution in [-0.4, -0.2) is 39.4 Å². The fourth-order valence-corrected chi connectivity index (χ4v) is 2.74. The number of fused-ring (bicyclic) bond motifs is 1. The molecule has 0 bridgehead atoms. The number of hydrogen-bond donors (Lipinski definition) is 2. The van der Waals surface area contributed by atoms with E-state index in [9.17, 15) is 9.59 Å². The molecule has 0 atom stereocenters. The molecular weight excluding hydrogens is 348 g/mol. The van der Waals surface area contributed by atoms with Gasteiger partial charge in [-0.2, -0.15) is 5.10 Å². The molecule has 1 aliphatic heterocycles. The van der Waals surface area contributed by atoms with Crippen LogP contribution in [0.3, 0.4) is 0 Å². The number of nitrogens with zero attached hydrogens (tertiary/aromatic N) is 2. The van der Waals surface area contributed by atoms with Crippen LogP contribution in [0, 0.1) is 0 Å². The molecule has 1 aromatic heterocycles. The second-order valence-corrected chi connectivity index (χ2v) is 7.37. The molecule has 3 rings (SSSR count). The van der Waals surface area contributed by atoms with Gasteiger partial charge in [-0.15, -0.1) is 0 Å². The zero-order valence-corrected chi connectivity index (χ0v) is 15.7. The summed E-state index contributed by atoms with van der Waals surface area (Å²) in [5, 5.41) is 9.71. The first kappa shape index (κ1) is 18.8. The highest BCUT2D eigenvalue weighted by atomic mass is 16.6. The van der Waals surface area contributed by atoms with E-state index >= 15 is 0 Å². The van der Waals surface area contributed by atoms with E-state index in [0.29, 0.717) is 25.3 Å². The van der Waals surface area contributed by atoms with Gasteiger partial charge in [-0.1, -0.05) is 30.3 Å². The lowest BCUT2D eigenvalue weighted by Crippen LogP contribution is -2.40. The van der Waals surface area contributed by atoms with Crippen LogP contribution < -0.4 is 5.32 Å². The smallest absolute Gasteiger partial charge is 0.413 e. The van der Waals surface area contributed by atoms with Gasteiger partial charge in [-0.3, -0.25) is 10.4 Å². The molecule has 2 N–H and O–H groups in total.